The van der Waals surface area contributed by atoms with E-state index in [1.807, 2.05) is 6.07 Å². The first kappa shape index (κ1) is 9.45. The van der Waals surface area contributed by atoms with E-state index in [0.717, 1.165) is 0 Å². The lowest BCUT2D eigenvalue weighted by Gasteiger charge is -1.95. The molecule has 1 N–H and O–H groups in total. The van der Waals surface area contributed by atoms with Crippen molar-refractivity contribution in [2.24, 2.45) is 0 Å². The van der Waals surface area contributed by atoms with Crippen LogP contribution in [0.3, 0.4) is 0 Å². The summed E-state index contributed by atoms with van der Waals surface area (Å²) in [5.41, 5.74) is 1.08. The lowest BCUT2D eigenvalue weighted by Crippen LogP contribution is -2.12. The van der Waals surface area contributed by atoms with E-state index in [4.69, 9.17) is 0 Å². The van der Waals surface area contributed by atoms with Crippen molar-refractivity contribution in [2.45, 2.75) is 0 Å². The normalized spacial score (nSPS) is 17.3. The number of hydrogen-bond donors (Lipinski definition) is 1. The highest BCUT2D eigenvalue weighted by Crippen LogP contribution is 2.06. The van der Waals surface area contributed by atoms with Gasteiger partial charge in [-0.05, 0) is 0 Å². The number of ketones is 1. The lowest BCUT2D eigenvalue weighted by molar-refractivity contribution is 0.104. The first-order valence-corrected chi connectivity index (χ1v) is 4.49. The van der Waals surface area contributed by atoms with E-state index in [-0.39, 0.29) is 12.4 Å². The molecular formula is C11H9NO3. The molecule has 0 atom stereocenters. The van der Waals surface area contributed by atoms with Gasteiger partial charge in [-0.25, -0.2) is 4.79 Å². The molecule has 1 amide bonds. The van der Waals surface area contributed by atoms with Crippen LogP contribution in [0.15, 0.2) is 42.1 Å². The van der Waals surface area contributed by atoms with Crippen molar-refractivity contribution < 1.29 is 14.3 Å². The third-order valence-corrected chi connectivity index (χ3v) is 1.99. The van der Waals surface area contributed by atoms with Crippen LogP contribution in [0.2, 0.25) is 0 Å². The topological polar surface area (TPSA) is 55.4 Å². The number of carbonyl (C=O) groups excluding carboxylic acids is 2. The number of hydrogen-bond acceptors (Lipinski definition) is 3. The van der Waals surface area contributed by atoms with Crippen molar-refractivity contribution in [2.75, 3.05) is 6.61 Å². The number of alkyl carbamates (subject to hydrolysis) is 1. The Morgan fingerprint density at radius 3 is 2.67 bits per heavy atom. The second-order valence-electron chi connectivity index (χ2n) is 3.10. The molecule has 0 aromatic heterocycles. The van der Waals surface area contributed by atoms with E-state index in [1.165, 1.54) is 6.08 Å². The molecule has 1 aliphatic rings. The van der Waals surface area contributed by atoms with Gasteiger partial charge in [0, 0.05) is 11.6 Å². The first-order valence-electron chi connectivity index (χ1n) is 4.49. The highest BCUT2D eigenvalue weighted by molar-refractivity contribution is 6.05. The Balaban J connectivity index is 2.13. The van der Waals surface area contributed by atoms with E-state index in [1.54, 1.807) is 24.3 Å². The maximum absolute atomic E-state index is 11.6. The number of allylic oxidation sites excluding steroid dienone is 1. The molecule has 0 unspecified atom stereocenters. The maximum Gasteiger partial charge on any atom is 0.411 e. The molecule has 4 heteroatoms. The Kier molecular flexibility index (Phi) is 2.49. The minimum Gasteiger partial charge on any atom is -0.443 e. The van der Waals surface area contributed by atoms with Gasteiger partial charge in [0.2, 0.25) is 0 Å². The molecule has 1 heterocycles. The predicted molar refractivity (Wildman–Crippen MR) is 53.3 cm³/mol. The van der Waals surface area contributed by atoms with Crippen LogP contribution in [0.4, 0.5) is 4.79 Å². The van der Waals surface area contributed by atoms with Gasteiger partial charge in [0.15, 0.2) is 5.78 Å². The lowest BCUT2D eigenvalue weighted by atomic mass is 10.1. The number of benzene rings is 1. The molecule has 1 aliphatic heterocycles. The van der Waals surface area contributed by atoms with Gasteiger partial charge in [0.25, 0.3) is 0 Å². The number of nitrogens with one attached hydrogen (secondary N) is 1. The summed E-state index contributed by atoms with van der Waals surface area (Å²) < 4.78 is 4.63. The Labute approximate surface area is 86.5 Å². The first-order chi connectivity index (χ1) is 7.25. The largest absolute Gasteiger partial charge is 0.443 e. The summed E-state index contributed by atoms with van der Waals surface area (Å²) in [5, 5.41) is 2.43. The molecular weight excluding hydrogens is 194 g/mol. The van der Waals surface area contributed by atoms with Gasteiger partial charge in [-0.15, -0.1) is 0 Å². The zero-order chi connectivity index (χ0) is 10.7. The number of amides is 1. The van der Waals surface area contributed by atoms with E-state index in [0.29, 0.717) is 11.3 Å². The van der Waals surface area contributed by atoms with Crippen LogP contribution >= 0.6 is 0 Å². The molecule has 0 saturated carbocycles. The fourth-order valence-corrected chi connectivity index (χ4v) is 1.27. The van der Waals surface area contributed by atoms with Gasteiger partial charge < -0.3 is 4.74 Å². The quantitative estimate of drug-likeness (QED) is 0.585. The summed E-state index contributed by atoms with van der Waals surface area (Å²) in [6.45, 7) is 0.136. The van der Waals surface area contributed by atoms with Crippen molar-refractivity contribution in [3.05, 3.63) is 47.7 Å². The molecule has 1 fully saturated rings. The average molecular weight is 203 g/mol. The molecule has 0 bridgehead atoms. The van der Waals surface area contributed by atoms with Crippen LogP contribution in [0.25, 0.3) is 0 Å². The maximum atomic E-state index is 11.6. The zero-order valence-electron chi connectivity index (χ0n) is 7.90. The van der Waals surface area contributed by atoms with Crippen molar-refractivity contribution in [1.82, 2.24) is 5.32 Å². The van der Waals surface area contributed by atoms with Gasteiger partial charge in [0.1, 0.15) is 6.61 Å². The summed E-state index contributed by atoms with van der Waals surface area (Å²) in [4.78, 5) is 22.3. The molecule has 0 spiro atoms. The van der Waals surface area contributed by atoms with Gasteiger partial charge in [-0.3, -0.25) is 10.1 Å². The van der Waals surface area contributed by atoms with E-state index in [2.05, 4.69) is 10.1 Å². The fourth-order valence-electron chi connectivity index (χ4n) is 1.27. The molecule has 2 rings (SSSR count). The molecule has 1 aromatic rings. The fraction of sp³-hybridized carbons (Fsp3) is 0.0909. The van der Waals surface area contributed by atoms with Gasteiger partial charge in [-0.2, -0.15) is 0 Å². The Bertz CT molecular complexity index is 423. The standard InChI is InChI=1S/C11H9NO3/c13-10(8-4-2-1-3-5-8)6-9-7-15-11(14)12-9/h1-6H,7H2,(H,12,14). The van der Waals surface area contributed by atoms with Crippen molar-refractivity contribution in [3.63, 3.8) is 0 Å². The second-order valence-corrected chi connectivity index (χ2v) is 3.10. The number of cyclic esters (lactones) is 1. The minimum atomic E-state index is -0.512. The molecule has 1 aromatic carbocycles. The number of carbonyl (C=O) groups is 2. The third kappa shape index (κ3) is 2.22. The van der Waals surface area contributed by atoms with Crippen LogP contribution in [-0.2, 0) is 4.74 Å². The van der Waals surface area contributed by atoms with Crippen LogP contribution in [-0.4, -0.2) is 18.5 Å². The Morgan fingerprint density at radius 2 is 2.07 bits per heavy atom. The summed E-state index contributed by atoms with van der Waals surface area (Å²) >= 11 is 0. The third-order valence-electron chi connectivity index (χ3n) is 1.99. The van der Waals surface area contributed by atoms with Crippen LogP contribution in [0.5, 0.6) is 0 Å². The number of rotatable bonds is 2. The van der Waals surface area contributed by atoms with Gasteiger partial charge >= 0.3 is 6.09 Å². The summed E-state index contributed by atoms with van der Waals surface area (Å²) in [7, 11) is 0. The average Bonchev–Trinajstić information content (AvgIpc) is 2.65. The van der Waals surface area contributed by atoms with Crippen molar-refractivity contribution in [1.29, 1.82) is 0 Å². The molecule has 4 nitrogen and oxygen atoms in total. The Morgan fingerprint density at radius 1 is 1.33 bits per heavy atom. The molecule has 1 saturated heterocycles. The van der Waals surface area contributed by atoms with Gasteiger partial charge in [-0.1, -0.05) is 30.3 Å². The van der Waals surface area contributed by atoms with Crippen LogP contribution < -0.4 is 5.32 Å². The second kappa shape index (κ2) is 3.96. The van der Waals surface area contributed by atoms with Gasteiger partial charge in [0.05, 0.1) is 5.70 Å². The zero-order valence-corrected chi connectivity index (χ0v) is 7.90. The van der Waals surface area contributed by atoms with Crippen LogP contribution in [0, 0.1) is 0 Å². The summed E-state index contributed by atoms with van der Waals surface area (Å²) in [6.07, 6.45) is 0.863. The number of ether oxygens (including phenoxy) is 1. The van der Waals surface area contributed by atoms with Crippen molar-refractivity contribution >= 4 is 11.9 Å². The molecule has 15 heavy (non-hydrogen) atoms. The van der Waals surface area contributed by atoms with Crippen LogP contribution in [0.1, 0.15) is 10.4 Å². The summed E-state index contributed by atoms with van der Waals surface area (Å²) in [6, 6.07) is 8.85. The molecule has 76 valence electrons. The minimum absolute atomic E-state index is 0.136. The molecule has 0 aliphatic carbocycles. The summed E-state index contributed by atoms with van der Waals surface area (Å²) in [5.74, 6) is -0.142. The van der Waals surface area contributed by atoms with E-state index < -0.39 is 6.09 Å². The Hall–Kier alpha value is -2.10. The predicted octanol–water partition coefficient (Wildman–Crippen LogP) is 1.49. The van der Waals surface area contributed by atoms with Crippen molar-refractivity contribution in [3.8, 4) is 0 Å². The monoisotopic (exact) mass is 203 g/mol. The highest BCUT2D eigenvalue weighted by atomic mass is 16.6. The van der Waals surface area contributed by atoms with E-state index in [9.17, 15) is 9.59 Å². The SMILES string of the molecule is O=C1NC(=CC(=O)c2ccccc2)CO1. The highest BCUT2D eigenvalue weighted by Gasteiger charge is 2.16. The molecule has 0 radical (unpaired) electrons. The van der Waals surface area contributed by atoms with E-state index >= 15 is 0 Å². The smallest absolute Gasteiger partial charge is 0.411 e.